The van der Waals surface area contributed by atoms with E-state index in [0.29, 0.717) is 6.10 Å². The van der Waals surface area contributed by atoms with E-state index in [1.54, 1.807) is 0 Å². The van der Waals surface area contributed by atoms with Crippen molar-refractivity contribution in [3.63, 3.8) is 0 Å². The van der Waals surface area contributed by atoms with E-state index in [0.717, 1.165) is 0 Å². The van der Waals surface area contributed by atoms with E-state index in [2.05, 4.69) is 20.0 Å². The van der Waals surface area contributed by atoms with Crippen LogP contribution in [0, 0.1) is 0 Å². The first kappa shape index (κ1) is 7.46. The molecule has 0 amide bonds. The van der Waals surface area contributed by atoms with Gasteiger partial charge in [0.1, 0.15) is 0 Å². The largest absolute Gasteiger partial charge is 0.440 e. The van der Waals surface area contributed by atoms with Crippen LogP contribution in [0.3, 0.4) is 0 Å². The van der Waals surface area contributed by atoms with Crippen molar-refractivity contribution in [3.05, 3.63) is 0 Å². The van der Waals surface area contributed by atoms with E-state index >= 15 is 0 Å². The van der Waals surface area contributed by atoms with Crippen molar-refractivity contribution in [2.24, 2.45) is 0 Å². The fourth-order valence-corrected chi connectivity index (χ4v) is 5.23. The first-order chi connectivity index (χ1) is 4.10. The Kier molecular flexibility index (Phi) is 2.10. The topological polar surface area (TPSA) is 18.5 Å². The van der Waals surface area contributed by atoms with Crippen LogP contribution >= 0.6 is 0 Å². The second kappa shape index (κ2) is 2.53. The second-order valence-corrected chi connectivity index (χ2v) is 8.85. The fraction of sp³-hybridized carbons (Fsp3) is 1.00. The van der Waals surface area contributed by atoms with Gasteiger partial charge in [-0.2, -0.15) is 0 Å². The number of hydrogen-bond acceptors (Lipinski definition) is 2. The van der Waals surface area contributed by atoms with Crippen LogP contribution in [0.1, 0.15) is 6.92 Å². The quantitative estimate of drug-likeness (QED) is 0.486. The van der Waals surface area contributed by atoms with E-state index < -0.39 is 18.3 Å². The SMILES string of the molecule is CC1C[Si](C)(C)O[SiH2]O1. The minimum absolute atomic E-state index is 0.479. The smallest absolute Gasteiger partial charge is 0.294 e. The van der Waals surface area contributed by atoms with Gasteiger partial charge in [0.25, 0.3) is 10.0 Å². The minimum atomic E-state index is -1.22. The molecular formula is C5H14O2Si2. The number of rotatable bonds is 0. The highest BCUT2D eigenvalue weighted by atomic mass is 28.4. The summed E-state index contributed by atoms with van der Waals surface area (Å²) in [5, 5.41) is 0. The van der Waals surface area contributed by atoms with Gasteiger partial charge in [0.15, 0.2) is 8.32 Å². The maximum atomic E-state index is 5.59. The van der Waals surface area contributed by atoms with E-state index in [1.165, 1.54) is 6.04 Å². The highest BCUT2D eigenvalue weighted by Gasteiger charge is 2.29. The molecule has 0 saturated carbocycles. The normalized spacial score (nSPS) is 37.0. The molecule has 2 nitrogen and oxygen atoms in total. The van der Waals surface area contributed by atoms with Gasteiger partial charge in [0.2, 0.25) is 0 Å². The third-order valence-corrected chi connectivity index (χ3v) is 7.44. The van der Waals surface area contributed by atoms with Crippen LogP contribution in [-0.2, 0) is 8.54 Å². The summed E-state index contributed by atoms with van der Waals surface area (Å²) in [6.45, 7) is 6.67. The van der Waals surface area contributed by atoms with Crippen LogP contribution < -0.4 is 0 Å². The fourth-order valence-electron chi connectivity index (χ4n) is 1.12. The standard InChI is InChI=1S/C5H14O2Si2/c1-5-4-9(2,3)7-8-6-5/h5H,4,8H2,1-3H3. The molecule has 0 spiro atoms. The molecule has 1 aliphatic heterocycles. The Labute approximate surface area is 59.7 Å². The predicted octanol–water partition coefficient (Wildman–Crippen LogP) is 0.626. The monoisotopic (exact) mass is 162 g/mol. The molecule has 0 N–H and O–H groups in total. The lowest BCUT2D eigenvalue weighted by atomic mass is 10.5. The van der Waals surface area contributed by atoms with Crippen LogP contribution in [0.15, 0.2) is 0 Å². The molecular weight excluding hydrogens is 148 g/mol. The molecule has 1 aliphatic rings. The lowest BCUT2D eigenvalue weighted by Gasteiger charge is -2.32. The van der Waals surface area contributed by atoms with Gasteiger partial charge in [-0.1, -0.05) is 0 Å². The lowest BCUT2D eigenvalue weighted by molar-refractivity contribution is 0.193. The summed E-state index contributed by atoms with van der Waals surface area (Å²) in [6, 6.07) is 1.17. The van der Waals surface area contributed by atoms with Gasteiger partial charge >= 0.3 is 0 Å². The van der Waals surface area contributed by atoms with Crippen molar-refractivity contribution in [1.29, 1.82) is 0 Å². The van der Waals surface area contributed by atoms with Gasteiger partial charge in [0.05, 0.1) is 0 Å². The molecule has 1 atom stereocenters. The van der Waals surface area contributed by atoms with E-state index in [-0.39, 0.29) is 0 Å². The first-order valence-electron chi connectivity index (χ1n) is 3.36. The summed E-state index contributed by atoms with van der Waals surface area (Å²) in [6.07, 6.45) is 0.479. The van der Waals surface area contributed by atoms with E-state index in [1.807, 2.05) is 0 Å². The van der Waals surface area contributed by atoms with Crippen molar-refractivity contribution in [1.82, 2.24) is 0 Å². The van der Waals surface area contributed by atoms with Crippen molar-refractivity contribution in [2.75, 3.05) is 0 Å². The van der Waals surface area contributed by atoms with Gasteiger partial charge in [-0.25, -0.2) is 0 Å². The molecule has 0 aliphatic carbocycles. The van der Waals surface area contributed by atoms with Crippen LogP contribution in [0.25, 0.3) is 0 Å². The van der Waals surface area contributed by atoms with Crippen molar-refractivity contribution >= 4 is 18.3 Å². The average molecular weight is 162 g/mol. The third-order valence-electron chi connectivity index (χ3n) is 1.58. The molecule has 1 saturated heterocycles. The maximum Gasteiger partial charge on any atom is 0.294 e. The van der Waals surface area contributed by atoms with Crippen LogP contribution in [0.2, 0.25) is 19.1 Å². The van der Waals surface area contributed by atoms with E-state index in [4.69, 9.17) is 8.54 Å². The Hall–Kier alpha value is 0.354. The molecule has 54 valence electrons. The Morgan fingerprint density at radius 2 is 2.22 bits per heavy atom. The molecule has 0 radical (unpaired) electrons. The molecule has 0 aromatic heterocycles. The second-order valence-electron chi connectivity index (χ2n) is 3.20. The summed E-state index contributed by atoms with van der Waals surface area (Å²) in [7, 11) is -1.80. The highest BCUT2D eigenvalue weighted by molar-refractivity contribution is 6.75. The Morgan fingerprint density at radius 1 is 1.56 bits per heavy atom. The molecule has 1 fully saturated rings. The zero-order valence-corrected chi connectivity index (χ0v) is 8.72. The summed E-state index contributed by atoms with van der Waals surface area (Å²) in [4.78, 5) is 0. The van der Waals surface area contributed by atoms with Gasteiger partial charge in [-0.3, -0.25) is 0 Å². The molecule has 4 heteroatoms. The van der Waals surface area contributed by atoms with E-state index in [9.17, 15) is 0 Å². The molecule has 0 bridgehead atoms. The Morgan fingerprint density at radius 3 is 2.56 bits per heavy atom. The minimum Gasteiger partial charge on any atom is -0.440 e. The molecule has 1 rings (SSSR count). The number of hydrogen-bond donors (Lipinski definition) is 0. The van der Waals surface area contributed by atoms with Crippen molar-refractivity contribution < 1.29 is 8.54 Å². The van der Waals surface area contributed by atoms with Gasteiger partial charge in [0, 0.05) is 6.10 Å². The van der Waals surface area contributed by atoms with Gasteiger partial charge in [-0.05, 0) is 26.1 Å². The summed E-state index contributed by atoms with van der Waals surface area (Å²) >= 11 is 0. The zero-order chi connectivity index (χ0) is 6.91. The van der Waals surface area contributed by atoms with Gasteiger partial charge < -0.3 is 8.54 Å². The van der Waals surface area contributed by atoms with Crippen molar-refractivity contribution in [3.8, 4) is 0 Å². The van der Waals surface area contributed by atoms with Crippen LogP contribution in [0.4, 0.5) is 0 Å². The average Bonchev–Trinajstić information content (AvgIpc) is 1.60. The predicted molar refractivity (Wildman–Crippen MR) is 42.5 cm³/mol. The van der Waals surface area contributed by atoms with Crippen molar-refractivity contribution in [2.45, 2.75) is 32.2 Å². The van der Waals surface area contributed by atoms with Crippen LogP contribution in [0.5, 0.6) is 0 Å². The molecule has 9 heavy (non-hydrogen) atoms. The first-order valence-corrected chi connectivity index (χ1v) is 7.63. The summed E-state index contributed by atoms with van der Waals surface area (Å²) in [5.41, 5.74) is 0. The van der Waals surface area contributed by atoms with Gasteiger partial charge in [-0.15, -0.1) is 0 Å². The zero-order valence-electron chi connectivity index (χ0n) is 6.31. The highest BCUT2D eigenvalue weighted by Crippen LogP contribution is 2.19. The summed E-state index contributed by atoms with van der Waals surface area (Å²) in [5.74, 6) is 0. The summed E-state index contributed by atoms with van der Waals surface area (Å²) < 4.78 is 11.0. The van der Waals surface area contributed by atoms with Crippen LogP contribution in [-0.4, -0.2) is 24.4 Å². The molecule has 0 aromatic rings. The lowest BCUT2D eigenvalue weighted by Crippen LogP contribution is -2.42. The molecule has 1 heterocycles. The Balaban J connectivity index is 2.41. The maximum absolute atomic E-state index is 5.59. The molecule has 0 aromatic carbocycles. The molecule has 1 unspecified atom stereocenters. The Bertz CT molecular complexity index is 105. The third kappa shape index (κ3) is 2.21.